The molecule has 2 aliphatic carbocycles. The second-order valence-electron chi connectivity index (χ2n) is 6.93. The highest BCUT2D eigenvalue weighted by Gasteiger charge is 2.57. The topological polar surface area (TPSA) is 71.4 Å². The number of hydrogen-bond acceptors (Lipinski definition) is 3. The molecule has 0 saturated heterocycles. The lowest BCUT2D eigenvalue weighted by Crippen LogP contribution is -2.36. The van der Waals surface area contributed by atoms with E-state index >= 15 is 0 Å². The Bertz CT molecular complexity index is 448. The molecule has 0 bridgehead atoms. The summed E-state index contributed by atoms with van der Waals surface area (Å²) >= 11 is 0. The highest BCUT2D eigenvalue weighted by molar-refractivity contribution is 7.92. The summed E-state index contributed by atoms with van der Waals surface area (Å²) in [6.07, 6.45) is 2.76. The monoisotopic (exact) mass is 274 g/mol. The molecule has 0 aromatic rings. The third-order valence-corrected chi connectivity index (χ3v) is 7.22. The molecule has 2 unspecified atom stereocenters. The summed E-state index contributed by atoms with van der Waals surface area (Å²) in [6, 6.07) is 0. The average molecular weight is 274 g/mol. The zero-order valence-corrected chi connectivity index (χ0v) is 12.1. The molecule has 0 radical (unpaired) electrons. The highest BCUT2D eigenvalue weighted by Crippen LogP contribution is 2.61. The van der Waals surface area contributed by atoms with Crippen molar-refractivity contribution in [2.75, 3.05) is 5.75 Å². The SMILES string of the molecule is CC(C)(C)S(=O)(=O)CCC1(C(=O)O)CC2CC2C1. The van der Waals surface area contributed by atoms with Crippen LogP contribution in [0.25, 0.3) is 0 Å². The minimum Gasteiger partial charge on any atom is -0.481 e. The summed E-state index contributed by atoms with van der Waals surface area (Å²) in [5.74, 6) is 0.262. The first-order valence-electron chi connectivity index (χ1n) is 6.53. The zero-order chi connectivity index (χ0) is 13.8. The molecule has 0 aliphatic heterocycles. The molecule has 0 amide bonds. The van der Waals surface area contributed by atoms with E-state index < -0.39 is 26.0 Å². The number of fused-ring (bicyclic) bond motifs is 1. The number of aliphatic carboxylic acids is 1. The molecule has 5 heteroatoms. The molecule has 0 spiro atoms. The Balaban J connectivity index is 2.06. The smallest absolute Gasteiger partial charge is 0.309 e. The van der Waals surface area contributed by atoms with Crippen molar-refractivity contribution in [1.82, 2.24) is 0 Å². The fourth-order valence-electron chi connectivity index (χ4n) is 3.02. The van der Waals surface area contributed by atoms with Crippen LogP contribution in [-0.4, -0.2) is 30.0 Å². The third kappa shape index (κ3) is 2.29. The van der Waals surface area contributed by atoms with Gasteiger partial charge in [-0.05, 0) is 58.3 Å². The van der Waals surface area contributed by atoms with E-state index in [1.54, 1.807) is 20.8 Å². The zero-order valence-electron chi connectivity index (χ0n) is 11.3. The number of carboxylic acids is 1. The number of hydrogen-bond donors (Lipinski definition) is 1. The number of carbonyl (C=O) groups is 1. The molecule has 4 nitrogen and oxygen atoms in total. The van der Waals surface area contributed by atoms with E-state index in [0.717, 1.165) is 6.42 Å². The van der Waals surface area contributed by atoms with Crippen LogP contribution >= 0.6 is 0 Å². The molecule has 0 aromatic heterocycles. The van der Waals surface area contributed by atoms with Gasteiger partial charge in [0.2, 0.25) is 0 Å². The van der Waals surface area contributed by atoms with Gasteiger partial charge in [0.15, 0.2) is 9.84 Å². The van der Waals surface area contributed by atoms with Crippen molar-refractivity contribution >= 4 is 15.8 Å². The molecule has 18 heavy (non-hydrogen) atoms. The molecule has 104 valence electrons. The van der Waals surface area contributed by atoms with Crippen molar-refractivity contribution < 1.29 is 18.3 Å². The quantitative estimate of drug-likeness (QED) is 0.852. The summed E-state index contributed by atoms with van der Waals surface area (Å²) in [4.78, 5) is 11.5. The lowest BCUT2D eigenvalue weighted by Gasteiger charge is -2.28. The van der Waals surface area contributed by atoms with Crippen LogP contribution in [0.15, 0.2) is 0 Å². The third-order valence-electron chi connectivity index (χ3n) is 4.61. The van der Waals surface area contributed by atoms with E-state index in [4.69, 9.17) is 0 Å². The first-order valence-corrected chi connectivity index (χ1v) is 8.18. The average Bonchev–Trinajstić information content (AvgIpc) is 2.82. The molecular weight excluding hydrogens is 252 g/mol. The van der Waals surface area contributed by atoms with Crippen molar-refractivity contribution in [2.24, 2.45) is 17.3 Å². The molecule has 2 aliphatic rings. The van der Waals surface area contributed by atoms with Crippen molar-refractivity contribution in [3.05, 3.63) is 0 Å². The van der Waals surface area contributed by atoms with Crippen LogP contribution in [0, 0.1) is 17.3 Å². The number of sulfone groups is 1. The Morgan fingerprint density at radius 1 is 1.28 bits per heavy atom. The van der Waals surface area contributed by atoms with Gasteiger partial charge < -0.3 is 5.11 Å². The molecule has 2 atom stereocenters. The predicted octanol–water partition coefficient (Wildman–Crippen LogP) is 2.09. The Morgan fingerprint density at radius 3 is 2.17 bits per heavy atom. The van der Waals surface area contributed by atoms with Crippen LogP contribution in [-0.2, 0) is 14.6 Å². The van der Waals surface area contributed by atoms with Gasteiger partial charge in [-0.1, -0.05) is 0 Å². The van der Waals surface area contributed by atoms with Gasteiger partial charge in [0.25, 0.3) is 0 Å². The van der Waals surface area contributed by atoms with Crippen LogP contribution in [0.1, 0.15) is 46.5 Å². The maximum atomic E-state index is 12.1. The van der Waals surface area contributed by atoms with Crippen LogP contribution in [0.5, 0.6) is 0 Å². The molecule has 0 aromatic carbocycles. The minimum absolute atomic E-state index is 0.0117. The molecule has 1 N–H and O–H groups in total. The van der Waals surface area contributed by atoms with Crippen molar-refractivity contribution in [3.63, 3.8) is 0 Å². The summed E-state index contributed by atoms with van der Waals surface area (Å²) in [5, 5.41) is 9.41. The Morgan fingerprint density at radius 2 is 1.78 bits per heavy atom. The number of carboxylic acid groups (broad SMARTS) is 1. The van der Waals surface area contributed by atoms with Crippen LogP contribution < -0.4 is 0 Å². The normalized spacial score (nSPS) is 35.3. The van der Waals surface area contributed by atoms with Gasteiger partial charge in [-0.3, -0.25) is 4.79 Å². The first-order chi connectivity index (χ1) is 8.07. The van der Waals surface area contributed by atoms with E-state index in [9.17, 15) is 18.3 Å². The maximum Gasteiger partial charge on any atom is 0.309 e. The fourth-order valence-corrected chi connectivity index (χ4v) is 4.29. The standard InChI is InChI=1S/C13H22O4S/c1-12(2,3)18(16,17)5-4-13(11(14)15)7-9-6-10(9)8-13/h9-10H,4-8H2,1-3H3,(H,14,15). The van der Waals surface area contributed by atoms with Gasteiger partial charge in [-0.25, -0.2) is 8.42 Å². The van der Waals surface area contributed by atoms with E-state index in [2.05, 4.69) is 0 Å². The van der Waals surface area contributed by atoms with E-state index in [0.29, 0.717) is 24.7 Å². The van der Waals surface area contributed by atoms with E-state index in [1.165, 1.54) is 0 Å². The lowest BCUT2D eigenvalue weighted by molar-refractivity contribution is -0.149. The summed E-state index contributed by atoms with van der Waals surface area (Å²) in [5.41, 5.74) is -0.772. The van der Waals surface area contributed by atoms with Crippen LogP contribution in [0.4, 0.5) is 0 Å². The van der Waals surface area contributed by atoms with Crippen LogP contribution in [0.2, 0.25) is 0 Å². The van der Waals surface area contributed by atoms with Crippen molar-refractivity contribution in [1.29, 1.82) is 0 Å². The molecule has 2 saturated carbocycles. The van der Waals surface area contributed by atoms with Gasteiger partial charge in [-0.2, -0.15) is 0 Å². The van der Waals surface area contributed by atoms with Gasteiger partial charge >= 0.3 is 5.97 Å². The Kier molecular flexibility index (Phi) is 3.04. The maximum absolute atomic E-state index is 12.1. The highest BCUT2D eigenvalue weighted by atomic mass is 32.2. The fraction of sp³-hybridized carbons (Fsp3) is 0.923. The molecule has 2 fully saturated rings. The van der Waals surface area contributed by atoms with Crippen molar-refractivity contribution in [3.8, 4) is 0 Å². The molecular formula is C13H22O4S. The van der Waals surface area contributed by atoms with Gasteiger partial charge in [0.1, 0.15) is 0 Å². The minimum atomic E-state index is -3.22. The summed E-state index contributed by atoms with van der Waals surface area (Å²) in [6.45, 7) is 5.01. The predicted molar refractivity (Wildman–Crippen MR) is 69.1 cm³/mol. The Labute approximate surface area is 109 Å². The molecule has 2 rings (SSSR count). The summed E-state index contributed by atoms with van der Waals surface area (Å²) in [7, 11) is -3.22. The van der Waals surface area contributed by atoms with Gasteiger partial charge in [0, 0.05) is 0 Å². The Hall–Kier alpha value is -0.580. The largest absolute Gasteiger partial charge is 0.481 e. The van der Waals surface area contributed by atoms with Gasteiger partial charge in [0.05, 0.1) is 15.9 Å². The van der Waals surface area contributed by atoms with E-state index in [1.807, 2.05) is 0 Å². The second kappa shape index (κ2) is 3.95. The molecule has 0 heterocycles. The van der Waals surface area contributed by atoms with Gasteiger partial charge in [-0.15, -0.1) is 0 Å². The summed E-state index contributed by atoms with van der Waals surface area (Å²) < 4.78 is 23.3. The van der Waals surface area contributed by atoms with Crippen LogP contribution in [0.3, 0.4) is 0 Å². The lowest BCUT2D eigenvalue weighted by atomic mass is 9.80. The number of rotatable bonds is 4. The van der Waals surface area contributed by atoms with E-state index in [-0.39, 0.29) is 12.2 Å². The first kappa shape index (κ1) is 13.8. The second-order valence-corrected chi connectivity index (χ2v) is 9.79. The van der Waals surface area contributed by atoms with Crippen molar-refractivity contribution in [2.45, 2.75) is 51.2 Å².